The zero-order valence-corrected chi connectivity index (χ0v) is 17.0. The first-order valence-corrected chi connectivity index (χ1v) is 10.5. The quantitative estimate of drug-likeness (QED) is 0.580. The van der Waals surface area contributed by atoms with Crippen molar-refractivity contribution in [3.8, 4) is 18.4 Å². The van der Waals surface area contributed by atoms with Gasteiger partial charge in [0, 0.05) is 25.2 Å². The number of carbonyl (C=O) groups is 1. The number of ketones is 1. The van der Waals surface area contributed by atoms with Gasteiger partial charge in [-0.2, -0.15) is 5.26 Å². The second kappa shape index (κ2) is 7.84. The Hall–Kier alpha value is -2.91. The monoisotopic (exact) mass is 411 g/mol. The summed E-state index contributed by atoms with van der Waals surface area (Å²) in [6.07, 6.45) is 5.98. The number of aliphatic hydroxyl groups is 1. The van der Waals surface area contributed by atoms with Gasteiger partial charge in [0.1, 0.15) is 11.0 Å². The van der Waals surface area contributed by atoms with Crippen LogP contribution in [0.5, 0.6) is 0 Å². The van der Waals surface area contributed by atoms with Crippen molar-refractivity contribution in [2.24, 2.45) is 7.05 Å². The summed E-state index contributed by atoms with van der Waals surface area (Å²) < 4.78 is 29.4. The molecule has 2 heterocycles. The summed E-state index contributed by atoms with van der Waals surface area (Å²) in [4.78, 5) is 13.1. The molecule has 150 valence electrons. The number of Topliss-reactive ketones (excluding diaryl/α,β-unsaturated/α-hetero) is 1. The molecule has 1 aliphatic rings. The maximum absolute atomic E-state index is 13.0. The van der Waals surface area contributed by atoms with Gasteiger partial charge in [-0.05, 0) is 37.0 Å². The summed E-state index contributed by atoms with van der Waals surface area (Å²) in [6.45, 7) is 1.82. The predicted molar refractivity (Wildman–Crippen MR) is 107 cm³/mol. The Kier molecular flexibility index (Phi) is 5.63. The zero-order valence-electron chi connectivity index (χ0n) is 16.1. The van der Waals surface area contributed by atoms with E-state index in [2.05, 4.69) is 16.7 Å². The molecule has 2 aromatic rings. The highest BCUT2D eigenvalue weighted by atomic mass is 32.2. The van der Waals surface area contributed by atoms with Crippen LogP contribution in [0.1, 0.15) is 39.2 Å². The number of benzene rings is 1. The van der Waals surface area contributed by atoms with Crippen LogP contribution in [-0.2, 0) is 29.9 Å². The number of carbonyl (C=O) groups excluding carboxylic acids is 1. The molecule has 0 radical (unpaired) electrons. The van der Waals surface area contributed by atoms with Crippen molar-refractivity contribution in [3.05, 3.63) is 52.3 Å². The van der Waals surface area contributed by atoms with E-state index in [0.29, 0.717) is 22.4 Å². The van der Waals surface area contributed by atoms with Crippen molar-refractivity contribution in [1.29, 1.82) is 5.26 Å². The number of terminal acetylenes is 1. The number of rotatable bonds is 4. The third kappa shape index (κ3) is 3.96. The molecule has 0 amide bonds. The van der Waals surface area contributed by atoms with Crippen LogP contribution < -0.4 is 4.72 Å². The Balaban J connectivity index is 1.97. The Morgan fingerprint density at radius 2 is 2.21 bits per heavy atom. The molecule has 3 rings (SSSR count). The molecule has 0 aliphatic carbocycles. The second-order valence-corrected chi connectivity index (χ2v) is 8.85. The van der Waals surface area contributed by atoms with Gasteiger partial charge in [-0.15, -0.1) is 6.42 Å². The fourth-order valence-corrected chi connectivity index (χ4v) is 5.21. The molecule has 0 saturated heterocycles. The number of hydrogen-bond donors (Lipinski definition) is 2. The van der Waals surface area contributed by atoms with E-state index in [1.807, 2.05) is 6.92 Å². The first-order chi connectivity index (χ1) is 13.7. The molecule has 1 aromatic heterocycles. The van der Waals surface area contributed by atoms with Gasteiger partial charge in [0.05, 0.1) is 23.4 Å². The maximum atomic E-state index is 13.0. The van der Waals surface area contributed by atoms with Crippen LogP contribution in [0.15, 0.2) is 29.3 Å². The van der Waals surface area contributed by atoms with Crippen molar-refractivity contribution in [2.75, 3.05) is 0 Å². The molecule has 2 atom stereocenters. The average Bonchev–Trinajstić information content (AvgIpc) is 2.96. The number of sulfonamides is 1. The minimum absolute atomic E-state index is 0.0247. The van der Waals surface area contributed by atoms with Gasteiger partial charge in [0.25, 0.3) is 0 Å². The number of nitrogens with one attached hydrogen (secondary N) is 1. The molecule has 29 heavy (non-hydrogen) atoms. The van der Waals surface area contributed by atoms with Crippen molar-refractivity contribution in [1.82, 2.24) is 9.29 Å². The van der Waals surface area contributed by atoms with Crippen molar-refractivity contribution >= 4 is 15.8 Å². The molecule has 7 nitrogen and oxygen atoms in total. The minimum atomic E-state index is -3.93. The van der Waals surface area contributed by atoms with E-state index < -0.39 is 22.2 Å². The number of nitrogens with zero attached hydrogens (tertiary/aromatic N) is 2. The largest absolute Gasteiger partial charge is 0.379 e. The standard InChI is InChI=1S/C21H21N3O4S/c1-4-18(25)17-8-7-16-20(29(27,28)23-17)12-24(3)21(16)19(26)10-14-6-5-13(2)15(9-14)11-22/h1,5-6,9,12,17-18,23,25H,7-8,10H2,2-3H3/t17-,18-/m0/s1. The van der Waals surface area contributed by atoms with E-state index >= 15 is 0 Å². The minimum Gasteiger partial charge on any atom is -0.379 e. The lowest BCUT2D eigenvalue weighted by Crippen LogP contribution is -2.41. The van der Waals surface area contributed by atoms with E-state index in [0.717, 1.165) is 5.56 Å². The van der Waals surface area contributed by atoms with E-state index in [9.17, 15) is 23.6 Å². The molecular weight excluding hydrogens is 390 g/mol. The summed E-state index contributed by atoms with van der Waals surface area (Å²) in [5, 5.41) is 19.1. The molecule has 0 fully saturated rings. The highest BCUT2D eigenvalue weighted by Crippen LogP contribution is 2.29. The summed E-state index contributed by atoms with van der Waals surface area (Å²) in [7, 11) is -2.30. The molecule has 1 aromatic carbocycles. The smallest absolute Gasteiger partial charge is 0.242 e. The van der Waals surface area contributed by atoms with Gasteiger partial charge in [0.15, 0.2) is 5.78 Å². The second-order valence-electron chi connectivity index (χ2n) is 7.17. The molecular formula is C21H21N3O4S. The molecule has 1 aliphatic heterocycles. The van der Waals surface area contributed by atoms with Crippen LogP contribution in [0.3, 0.4) is 0 Å². The van der Waals surface area contributed by atoms with E-state index in [1.54, 1.807) is 25.2 Å². The lowest BCUT2D eigenvalue weighted by molar-refractivity contribution is 0.0984. The number of fused-ring (bicyclic) bond motifs is 1. The van der Waals surface area contributed by atoms with Crippen LogP contribution in [0, 0.1) is 30.6 Å². The van der Waals surface area contributed by atoms with Crippen molar-refractivity contribution < 1.29 is 18.3 Å². The van der Waals surface area contributed by atoms with Gasteiger partial charge < -0.3 is 9.67 Å². The molecule has 0 spiro atoms. The first kappa shape index (κ1) is 20.8. The fourth-order valence-electron chi connectivity index (χ4n) is 3.61. The topological polar surface area (TPSA) is 112 Å². The SMILES string of the molecule is C#C[C@H](O)[C@@H]1CCc2c(cn(C)c2C(=O)Cc2ccc(C)c(C#N)c2)S(=O)(=O)N1. The van der Waals surface area contributed by atoms with E-state index in [1.165, 1.54) is 10.8 Å². The molecule has 0 bridgehead atoms. The lowest BCUT2D eigenvalue weighted by atomic mass is 9.97. The summed E-state index contributed by atoms with van der Waals surface area (Å²) >= 11 is 0. The number of nitriles is 1. The normalized spacial score (nSPS) is 18.7. The van der Waals surface area contributed by atoms with Gasteiger partial charge in [-0.25, -0.2) is 13.1 Å². The third-order valence-corrected chi connectivity index (χ3v) is 6.70. The number of hydrogen-bond acceptors (Lipinski definition) is 5. The van der Waals surface area contributed by atoms with E-state index in [4.69, 9.17) is 6.42 Å². The Bertz CT molecular complexity index is 1170. The van der Waals surface area contributed by atoms with Crippen LogP contribution in [0.2, 0.25) is 0 Å². The summed E-state index contributed by atoms with van der Waals surface area (Å²) in [5.74, 6) is 1.90. The molecule has 8 heteroatoms. The van der Waals surface area contributed by atoms with Crippen LogP contribution in [0.25, 0.3) is 0 Å². The molecule has 2 N–H and O–H groups in total. The van der Waals surface area contributed by atoms with Gasteiger partial charge in [-0.1, -0.05) is 18.1 Å². The predicted octanol–water partition coefficient (Wildman–Crippen LogP) is 1.22. The van der Waals surface area contributed by atoms with E-state index in [-0.39, 0.29) is 29.9 Å². The lowest BCUT2D eigenvalue weighted by Gasteiger charge is -2.17. The van der Waals surface area contributed by atoms with Gasteiger partial charge >= 0.3 is 0 Å². The van der Waals surface area contributed by atoms with Crippen molar-refractivity contribution in [2.45, 2.75) is 43.2 Å². The number of aryl methyl sites for hydroxylation is 2. The van der Waals surface area contributed by atoms with Gasteiger partial charge in [-0.3, -0.25) is 4.79 Å². The summed E-state index contributed by atoms with van der Waals surface area (Å²) in [5.41, 5.74) is 2.73. The fraction of sp³-hybridized carbons (Fsp3) is 0.333. The summed E-state index contributed by atoms with van der Waals surface area (Å²) in [6, 6.07) is 6.53. The Labute approximate surface area is 170 Å². The van der Waals surface area contributed by atoms with Crippen LogP contribution in [-0.4, -0.2) is 36.0 Å². The first-order valence-electron chi connectivity index (χ1n) is 9.05. The zero-order chi connectivity index (χ0) is 21.3. The van der Waals surface area contributed by atoms with Crippen molar-refractivity contribution in [3.63, 3.8) is 0 Å². The maximum Gasteiger partial charge on any atom is 0.242 e. The van der Waals surface area contributed by atoms with Gasteiger partial charge in [0.2, 0.25) is 10.0 Å². The highest BCUT2D eigenvalue weighted by molar-refractivity contribution is 7.89. The Morgan fingerprint density at radius 1 is 1.48 bits per heavy atom. The average molecular weight is 411 g/mol. The molecule has 0 unspecified atom stereocenters. The third-order valence-electron chi connectivity index (χ3n) is 5.15. The van der Waals surface area contributed by atoms with Crippen LogP contribution >= 0.6 is 0 Å². The van der Waals surface area contributed by atoms with Crippen LogP contribution in [0.4, 0.5) is 0 Å². The highest BCUT2D eigenvalue weighted by Gasteiger charge is 2.34. The molecule has 0 saturated carbocycles. The number of aliphatic hydroxyl groups excluding tert-OH is 1. The number of aromatic nitrogens is 1. The Morgan fingerprint density at radius 3 is 2.86 bits per heavy atom.